The van der Waals surface area contributed by atoms with Gasteiger partial charge >= 0.3 is 0 Å². The molecule has 1 aliphatic heterocycles. The third-order valence-corrected chi connectivity index (χ3v) is 2.13. The predicted octanol–water partition coefficient (Wildman–Crippen LogP) is 0.0572. The molecule has 1 aliphatic rings. The van der Waals surface area contributed by atoms with Gasteiger partial charge in [0.15, 0.2) is 0 Å². The smallest absolute Gasteiger partial charge is 0.234 e. The van der Waals surface area contributed by atoms with Crippen LogP contribution in [0.4, 0.5) is 0 Å². The summed E-state index contributed by atoms with van der Waals surface area (Å²) in [5.74, 6) is 0.0161. The van der Waals surface area contributed by atoms with Gasteiger partial charge < -0.3 is 15.4 Å². The van der Waals surface area contributed by atoms with Crippen molar-refractivity contribution < 1.29 is 9.53 Å². The van der Waals surface area contributed by atoms with Crippen LogP contribution in [-0.4, -0.2) is 38.3 Å². The topological polar surface area (TPSA) is 50.4 Å². The minimum atomic E-state index is 0.0161. The average Bonchev–Trinajstić information content (AvgIpc) is 2.68. The highest BCUT2D eigenvalue weighted by Gasteiger charge is 2.15. The zero-order valence-corrected chi connectivity index (χ0v) is 8.42. The Hall–Kier alpha value is -0.870. The first-order chi connectivity index (χ1) is 6.83. The quantitative estimate of drug-likeness (QED) is 0.468. The first-order valence-electron chi connectivity index (χ1n) is 5.03. The van der Waals surface area contributed by atoms with Gasteiger partial charge in [-0.2, -0.15) is 0 Å². The van der Waals surface area contributed by atoms with Crippen molar-refractivity contribution in [3.63, 3.8) is 0 Å². The van der Waals surface area contributed by atoms with Crippen LogP contribution in [0.25, 0.3) is 0 Å². The van der Waals surface area contributed by atoms with E-state index in [1.54, 1.807) is 6.08 Å². The summed E-state index contributed by atoms with van der Waals surface area (Å²) in [6, 6.07) is 0. The lowest BCUT2D eigenvalue weighted by molar-refractivity contribution is -0.120. The van der Waals surface area contributed by atoms with Crippen LogP contribution < -0.4 is 10.6 Å². The molecule has 0 aliphatic carbocycles. The molecule has 0 spiro atoms. The molecule has 2 N–H and O–H groups in total. The molecule has 0 aromatic carbocycles. The second-order valence-electron chi connectivity index (χ2n) is 3.36. The van der Waals surface area contributed by atoms with E-state index >= 15 is 0 Å². The summed E-state index contributed by atoms with van der Waals surface area (Å²) in [5.41, 5.74) is 0. The third-order valence-electron chi connectivity index (χ3n) is 2.13. The molecule has 0 aromatic rings. The summed E-state index contributed by atoms with van der Waals surface area (Å²) < 4.78 is 5.38. The number of rotatable bonds is 6. The summed E-state index contributed by atoms with van der Waals surface area (Å²) in [6.45, 7) is 6.02. The van der Waals surface area contributed by atoms with Gasteiger partial charge in [-0.15, -0.1) is 6.58 Å². The van der Waals surface area contributed by atoms with E-state index < -0.39 is 0 Å². The minimum Gasteiger partial charge on any atom is -0.376 e. The number of hydrogen-bond acceptors (Lipinski definition) is 3. The Kier molecular flexibility index (Phi) is 5.25. The summed E-state index contributed by atoms with van der Waals surface area (Å²) >= 11 is 0. The molecule has 0 bridgehead atoms. The number of amides is 1. The Bertz CT molecular complexity index is 189. The van der Waals surface area contributed by atoms with E-state index in [4.69, 9.17) is 4.74 Å². The van der Waals surface area contributed by atoms with Crippen LogP contribution in [0.2, 0.25) is 0 Å². The molecule has 1 atom stereocenters. The van der Waals surface area contributed by atoms with E-state index in [0.29, 0.717) is 19.6 Å². The molecule has 4 heteroatoms. The van der Waals surface area contributed by atoms with Crippen molar-refractivity contribution in [3.05, 3.63) is 12.7 Å². The molecule has 1 heterocycles. The molecule has 1 unspecified atom stereocenters. The molecule has 14 heavy (non-hydrogen) atoms. The molecule has 1 rings (SSSR count). The van der Waals surface area contributed by atoms with Gasteiger partial charge in [0.05, 0.1) is 12.6 Å². The number of nitrogens with one attached hydrogen (secondary N) is 2. The maximum Gasteiger partial charge on any atom is 0.234 e. The average molecular weight is 198 g/mol. The monoisotopic (exact) mass is 198 g/mol. The minimum absolute atomic E-state index is 0.0161. The molecule has 1 fully saturated rings. The van der Waals surface area contributed by atoms with Gasteiger partial charge in [0.1, 0.15) is 0 Å². The van der Waals surface area contributed by atoms with Crippen molar-refractivity contribution in [1.82, 2.24) is 10.6 Å². The van der Waals surface area contributed by atoms with Crippen molar-refractivity contribution in [1.29, 1.82) is 0 Å². The van der Waals surface area contributed by atoms with Crippen molar-refractivity contribution in [2.45, 2.75) is 18.9 Å². The van der Waals surface area contributed by atoms with Gasteiger partial charge in [-0.05, 0) is 12.8 Å². The van der Waals surface area contributed by atoms with Crippen LogP contribution in [-0.2, 0) is 9.53 Å². The molecular formula is C10H18N2O2. The fourth-order valence-corrected chi connectivity index (χ4v) is 1.38. The van der Waals surface area contributed by atoms with Crippen LogP contribution in [0.5, 0.6) is 0 Å². The SMILES string of the molecule is C=CCNCC(=O)NCC1CCCO1. The highest BCUT2D eigenvalue weighted by molar-refractivity contribution is 5.77. The van der Waals surface area contributed by atoms with E-state index in [2.05, 4.69) is 17.2 Å². The molecule has 1 amide bonds. The molecule has 1 saturated heterocycles. The predicted molar refractivity (Wildman–Crippen MR) is 55.1 cm³/mol. The van der Waals surface area contributed by atoms with Gasteiger partial charge in [-0.3, -0.25) is 4.79 Å². The van der Waals surface area contributed by atoms with E-state index in [1.807, 2.05) is 0 Å². The van der Waals surface area contributed by atoms with Gasteiger partial charge in [0, 0.05) is 19.7 Å². The molecule has 0 saturated carbocycles. The number of ether oxygens (including phenoxy) is 1. The fraction of sp³-hybridized carbons (Fsp3) is 0.700. The standard InChI is InChI=1S/C10H18N2O2/c1-2-5-11-8-10(13)12-7-9-4-3-6-14-9/h2,9,11H,1,3-8H2,(H,12,13). The number of carbonyl (C=O) groups is 1. The lowest BCUT2D eigenvalue weighted by Crippen LogP contribution is -2.38. The molecule has 0 aromatic heterocycles. The second-order valence-corrected chi connectivity index (χ2v) is 3.36. The van der Waals surface area contributed by atoms with Crippen molar-refractivity contribution in [2.24, 2.45) is 0 Å². The number of hydrogen-bond donors (Lipinski definition) is 2. The lowest BCUT2D eigenvalue weighted by atomic mass is 10.2. The van der Waals surface area contributed by atoms with Gasteiger partial charge in [0.25, 0.3) is 0 Å². The van der Waals surface area contributed by atoms with Crippen molar-refractivity contribution in [2.75, 3.05) is 26.2 Å². The maximum absolute atomic E-state index is 11.2. The molecule has 80 valence electrons. The lowest BCUT2D eigenvalue weighted by Gasteiger charge is -2.10. The first kappa shape index (κ1) is 11.2. The maximum atomic E-state index is 11.2. The first-order valence-corrected chi connectivity index (χ1v) is 5.03. The summed E-state index contributed by atoms with van der Waals surface area (Å²) in [5, 5.41) is 5.76. The van der Waals surface area contributed by atoms with Gasteiger partial charge in [-0.1, -0.05) is 6.08 Å². The van der Waals surface area contributed by atoms with Crippen LogP contribution >= 0.6 is 0 Å². The molecule has 4 nitrogen and oxygen atoms in total. The van der Waals surface area contributed by atoms with Crippen LogP contribution in [0.3, 0.4) is 0 Å². The summed E-state index contributed by atoms with van der Waals surface area (Å²) in [6.07, 6.45) is 4.11. The Morgan fingerprint density at radius 2 is 2.50 bits per heavy atom. The second kappa shape index (κ2) is 6.56. The van der Waals surface area contributed by atoms with Crippen LogP contribution in [0.15, 0.2) is 12.7 Å². The van der Waals surface area contributed by atoms with Gasteiger partial charge in [0.2, 0.25) is 5.91 Å². The largest absolute Gasteiger partial charge is 0.376 e. The Morgan fingerprint density at radius 3 is 3.14 bits per heavy atom. The van der Waals surface area contributed by atoms with Crippen molar-refractivity contribution >= 4 is 5.91 Å². The van der Waals surface area contributed by atoms with E-state index in [9.17, 15) is 4.79 Å². The normalized spacial score (nSPS) is 20.7. The van der Waals surface area contributed by atoms with E-state index in [-0.39, 0.29) is 12.0 Å². The Balaban J connectivity index is 1.99. The van der Waals surface area contributed by atoms with Crippen LogP contribution in [0.1, 0.15) is 12.8 Å². The van der Waals surface area contributed by atoms with Crippen molar-refractivity contribution in [3.8, 4) is 0 Å². The Morgan fingerprint density at radius 1 is 1.64 bits per heavy atom. The summed E-state index contributed by atoms with van der Waals surface area (Å²) in [4.78, 5) is 11.2. The highest BCUT2D eigenvalue weighted by atomic mass is 16.5. The van der Waals surface area contributed by atoms with E-state index in [0.717, 1.165) is 19.4 Å². The number of carbonyl (C=O) groups excluding carboxylic acids is 1. The van der Waals surface area contributed by atoms with Crippen LogP contribution in [0, 0.1) is 0 Å². The zero-order chi connectivity index (χ0) is 10.2. The zero-order valence-electron chi connectivity index (χ0n) is 8.42. The molecular weight excluding hydrogens is 180 g/mol. The summed E-state index contributed by atoms with van der Waals surface area (Å²) in [7, 11) is 0. The Labute approximate surface area is 84.7 Å². The van der Waals surface area contributed by atoms with Gasteiger partial charge in [-0.25, -0.2) is 0 Å². The highest BCUT2D eigenvalue weighted by Crippen LogP contribution is 2.10. The molecule has 0 radical (unpaired) electrons. The third kappa shape index (κ3) is 4.39. The fourth-order valence-electron chi connectivity index (χ4n) is 1.38. The van der Waals surface area contributed by atoms with E-state index in [1.165, 1.54) is 0 Å².